The van der Waals surface area contributed by atoms with Gasteiger partial charge in [0.15, 0.2) is 6.79 Å². The summed E-state index contributed by atoms with van der Waals surface area (Å²) in [6.45, 7) is 13.2. The summed E-state index contributed by atoms with van der Waals surface area (Å²) >= 11 is 0. The lowest BCUT2D eigenvalue weighted by molar-refractivity contribution is 0.000470. The fourth-order valence-electron chi connectivity index (χ4n) is 2.54. The molecule has 0 heterocycles. The SMILES string of the molecule is COCOc1cc(B(C)OC(C)(C)C(C)(C)C)c2ccccc2c1. The zero-order valence-corrected chi connectivity index (χ0v) is 16.0. The highest BCUT2D eigenvalue weighted by Crippen LogP contribution is 2.33. The molecule has 0 unspecified atom stereocenters. The van der Waals surface area contributed by atoms with Crippen molar-refractivity contribution < 1.29 is 14.1 Å². The third-order valence-electron chi connectivity index (χ3n) is 4.93. The Balaban J connectivity index is 2.42. The molecule has 24 heavy (non-hydrogen) atoms. The maximum atomic E-state index is 6.47. The minimum atomic E-state index is -0.253. The lowest BCUT2D eigenvalue weighted by atomic mass is 9.60. The van der Waals surface area contributed by atoms with Gasteiger partial charge in [-0.2, -0.15) is 0 Å². The summed E-state index contributed by atoms with van der Waals surface area (Å²) in [6.07, 6.45) is 0. The molecule has 2 aromatic carbocycles. The molecular formula is C20H29BO3. The quantitative estimate of drug-likeness (QED) is 0.577. The van der Waals surface area contributed by atoms with Crippen LogP contribution in [-0.4, -0.2) is 26.4 Å². The molecule has 2 rings (SSSR count). The number of hydrogen-bond donors (Lipinski definition) is 0. The predicted molar refractivity (Wildman–Crippen MR) is 102 cm³/mol. The molecule has 0 aliphatic carbocycles. The highest BCUT2D eigenvalue weighted by Gasteiger charge is 2.36. The largest absolute Gasteiger partial charge is 0.468 e. The molecule has 0 saturated carbocycles. The summed E-state index contributed by atoms with van der Waals surface area (Å²) < 4.78 is 17.2. The van der Waals surface area contributed by atoms with E-state index in [1.807, 2.05) is 12.1 Å². The van der Waals surface area contributed by atoms with Crippen molar-refractivity contribution in [1.82, 2.24) is 0 Å². The van der Waals surface area contributed by atoms with E-state index in [0.717, 1.165) is 16.6 Å². The lowest BCUT2D eigenvalue weighted by Gasteiger charge is -2.41. The van der Waals surface area contributed by atoms with Crippen LogP contribution in [0.2, 0.25) is 6.82 Å². The Morgan fingerprint density at radius 3 is 2.29 bits per heavy atom. The highest BCUT2D eigenvalue weighted by atomic mass is 16.7. The summed E-state index contributed by atoms with van der Waals surface area (Å²) in [5.74, 6) is 0.801. The van der Waals surface area contributed by atoms with Crippen LogP contribution in [0.1, 0.15) is 34.6 Å². The monoisotopic (exact) mass is 328 g/mol. The number of benzene rings is 2. The van der Waals surface area contributed by atoms with E-state index in [-0.39, 0.29) is 24.7 Å². The van der Waals surface area contributed by atoms with E-state index in [1.54, 1.807) is 7.11 Å². The van der Waals surface area contributed by atoms with Crippen molar-refractivity contribution in [2.24, 2.45) is 5.41 Å². The Bertz CT molecular complexity index is 689. The van der Waals surface area contributed by atoms with Gasteiger partial charge in [-0.25, -0.2) is 0 Å². The Morgan fingerprint density at radius 2 is 1.67 bits per heavy atom. The fourth-order valence-corrected chi connectivity index (χ4v) is 2.54. The van der Waals surface area contributed by atoms with E-state index < -0.39 is 0 Å². The molecule has 0 aliphatic rings. The summed E-state index contributed by atoms with van der Waals surface area (Å²) in [5.41, 5.74) is 0.925. The van der Waals surface area contributed by atoms with Crippen LogP contribution in [0.25, 0.3) is 10.8 Å². The normalized spacial score (nSPS) is 12.5. The standard InChI is InChI=1S/C20H29BO3/c1-19(2,3)20(4,5)24-21(6)18-13-16(23-14-22-7)12-15-10-8-9-11-17(15)18/h8-13H,14H2,1-7H3. The Morgan fingerprint density at radius 1 is 1.00 bits per heavy atom. The van der Waals surface area contributed by atoms with Crippen LogP contribution in [0.5, 0.6) is 5.75 Å². The van der Waals surface area contributed by atoms with Gasteiger partial charge in [0.25, 0.3) is 0 Å². The Hall–Kier alpha value is -1.52. The average molecular weight is 328 g/mol. The van der Waals surface area contributed by atoms with Gasteiger partial charge in [0.05, 0.1) is 5.60 Å². The van der Waals surface area contributed by atoms with Crippen molar-refractivity contribution in [3.05, 3.63) is 36.4 Å². The first-order valence-electron chi connectivity index (χ1n) is 8.48. The van der Waals surface area contributed by atoms with E-state index in [1.165, 1.54) is 5.39 Å². The fraction of sp³-hybridized carbons (Fsp3) is 0.500. The van der Waals surface area contributed by atoms with E-state index in [0.29, 0.717) is 0 Å². The van der Waals surface area contributed by atoms with Crippen molar-refractivity contribution in [3.8, 4) is 5.75 Å². The van der Waals surface area contributed by atoms with E-state index in [9.17, 15) is 0 Å². The molecule has 0 saturated heterocycles. The molecule has 130 valence electrons. The van der Waals surface area contributed by atoms with E-state index >= 15 is 0 Å². The molecule has 0 aromatic heterocycles. The van der Waals surface area contributed by atoms with Crippen molar-refractivity contribution in [3.63, 3.8) is 0 Å². The molecule has 4 heteroatoms. The highest BCUT2D eigenvalue weighted by molar-refractivity contribution is 6.69. The summed E-state index contributed by atoms with van der Waals surface area (Å²) in [6, 6.07) is 12.4. The average Bonchev–Trinajstić information content (AvgIpc) is 2.50. The van der Waals surface area contributed by atoms with Gasteiger partial charge >= 0.3 is 6.92 Å². The van der Waals surface area contributed by atoms with Crippen LogP contribution < -0.4 is 10.2 Å². The van der Waals surface area contributed by atoms with Crippen LogP contribution in [0.3, 0.4) is 0 Å². The summed E-state index contributed by atoms with van der Waals surface area (Å²) in [4.78, 5) is 0. The van der Waals surface area contributed by atoms with Crippen LogP contribution in [-0.2, 0) is 9.39 Å². The molecule has 0 amide bonds. The van der Waals surface area contributed by atoms with Gasteiger partial charge in [-0.1, -0.05) is 51.9 Å². The smallest absolute Gasteiger partial charge is 0.324 e. The van der Waals surface area contributed by atoms with Crippen molar-refractivity contribution in [2.45, 2.75) is 47.0 Å². The van der Waals surface area contributed by atoms with Crippen LogP contribution in [0.4, 0.5) is 0 Å². The van der Waals surface area contributed by atoms with Crippen LogP contribution >= 0.6 is 0 Å². The topological polar surface area (TPSA) is 27.7 Å². The third-order valence-corrected chi connectivity index (χ3v) is 4.93. The minimum absolute atomic E-state index is 0.0429. The Labute approximate surface area is 146 Å². The molecule has 0 N–H and O–H groups in total. The number of fused-ring (bicyclic) bond motifs is 1. The van der Waals surface area contributed by atoms with Crippen molar-refractivity contribution in [2.75, 3.05) is 13.9 Å². The predicted octanol–water partition coefficient (Wildman–Crippen LogP) is 4.49. The molecular weight excluding hydrogens is 299 g/mol. The second-order valence-corrected chi connectivity index (χ2v) is 7.80. The number of ether oxygens (including phenoxy) is 2. The van der Waals surface area contributed by atoms with Crippen molar-refractivity contribution >= 4 is 23.2 Å². The first-order valence-corrected chi connectivity index (χ1v) is 8.48. The second-order valence-electron chi connectivity index (χ2n) is 7.80. The molecule has 0 aliphatic heterocycles. The molecule has 0 spiro atoms. The lowest BCUT2D eigenvalue weighted by Crippen LogP contribution is -2.47. The number of rotatable bonds is 6. The molecule has 3 nitrogen and oxygen atoms in total. The molecule has 0 atom stereocenters. The number of hydrogen-bond acceptors (Lipinski definition) is 3. The van der Waals surface area contributed by atoms with Gasteiger partial charge in [-0.3, -0.25) is 0 Å². The van der Waals surface area contributed by atoms with Crippen molar-refractivity contribution in [1.29, 1.82) is 0 Å². The Kier molecular flexibility index (Phi) is 5.61. The number of methoxy groups -OCH3 is 1. The van der Waals surface area contributed by atoms with E-state index in [4.69, 9.17) is 14.1 Å². The maximum Gasteiger partial charge on any atom is 0.324 e. The first-order chi connectivity index (χ1) is 11.2. The maximum absolute atomic E-state index is 6.47. The zero-order valence-electron chi connectivity index (χ0n) is 16.0. The van der Waals surface area contributed by atoms with E-state index in [2.05, 4.69) is 65.7 Å². The third kappa shape index (κ3) is 4.11. The molecule has 0 fully saturated rings. The molecule has 0 radical (unpaired) electrons. The summed E-state index contributed by atoms with van der Waals surface area (Å²) in [7, 11) is 1.62. The van der Waals surface area contributed by atoms with Gasteiger partial charge in [-0.05, 0) is 47.6 Å². The zero-order chi connectivity index (χ0) is 18.0. The van der Waals surface area contributed by atoms with Gasteiger partial charge in [0, 0.05) is 7.11 Å². The summed E-state index contributed by atoms with van der Waals surface area (Å²) in [5, 5.41) is 2.34. The minimum Gasteiger partial charge on any atom is -0.468 e. The molecule has 2 aromatic rings. The van der Waals surface area contributed by atoms with Gasteiger partial charge in [-0.15, -0.1) is 0 Å². The second kappa shape index (κ2) is 7.16. The van der Waals surface area contributed by atoms with Gasteiger partial charge < -0.3 is 14.1 Å². The van der Waals surface area contributed by atoms with Gasteiger partial charge in [0.2, 0.25) is 0 Å². The van der Waals surface area contributed by atoms with Crippen LogP contribution in [0.15, 0.2) is 36.4 Å². The first kappa shape index (κ1) is 18.8. The van der Waals surface area contributed by atoms with Gasteiger partial charge in [0.1, 0.15) is 5.75 Å². The molecule has 0 bridgehead atoms. The van der Waals surface area contributed by atoms with Crippen LogP contribution in [0, 0.1) is 5.41 Å².